The van der Waals surface area contributed by atoms with E-state index in [2.05, 4.69) is 24.1 Å². The second-order valence-electron chi connectivity index (χ2n) is 7.21. The van der Waals surface area contributed by atoms with Crippen LogP contribution in [0.2, 0.25) is 0 Å². The molecule has 2 aromatic carbocycles. The normalized spacial score (nSPS) is 11.1. The van der Waals surface area contributed by atoms with Crippen LogP contribution in [0.5, 0.6) is 0 Å². The standard InChI is InChI=1S/C22H25N3O2S/c1-15(2)12-13-23-20(26)14-28-22-24-19-7-5-4-6-18(19)21(27)25(22)17-10-8-16(3)9-11-17/h4-11,15H,12-14H2,1-3H3,(H,23,26). The smallest absolute Gasteiger partial charge is 0.266 e. The summed E-state index contributed by atoms with van der Waals surface area (Å²) in [4.78, 5) is 30.0. The first kappa shape index (κ1) is 20.1. The number of fused-ring (bicyclic) bond motifs is 1. The van der Waals surface area contributed by atoms with E-state index in [9.17, 15) is 9.59 Å². The van der Waals surface area contributed by atoms with Crippen molar-refractivity contribution in [3.8, 4) is 5.69 Å². The number of carbonyl (C=O) groups excluding carboxylic acids is 1. The lowest BCUT2D eigenvalue weighted by Gasteiger charge is -2.13. The van der Waals surface area contributed by atoms with Crippen molar-refractivity contribution in [1.82, 2.24) is 14.9 Å². The molecule has 0 bridgehead atoms. The predicted molar refractivity (Wildman–Crippen MR) is 115 cm³/mol. The summed E-state index contributed by atoms with van der Waals surface area (Å²) in [5.74, 6) is 0.708. The Hall–Kier alpha value is -2.60. The van der Waals surface area contributed by atoms with Crippen LogP contribution in [-0.2, 0) is 4.79 Å². The SMILES string of the molecule is Cc1ccc(-n2c(SCC(=O)NCCC(C)C)nc3ccccc3c2=O)cc1. The number of benzene rings is 2. The lowest BCUT2D eigenvalue weighted by Crippen LogP contribution is -2.28. The summed E-state index contributed by atoms with van der Waals surface area (Å²) in [6, 6.07) is 15.0. The van der Waals surface area contributed by atoms with Gasteiger partial charge in [0.25, 0.3) is 5.56 Å². The van der Waals surface area contributed by atoms with Crippen LogP contribution in [0, 0.1) is 12.8 Å². The van der Waals surface area contributed by atoms with Crippen LogP contribution < -0.4 is 10.9 Å². The largest absolute Gasteiger partial charge is 0.355 e. The van der Waals surface area contributed by atoms with Crippen LogP contribution in [0.1, 0.15) is 25.8 Å². The van der Waals surface area contributed by atoms with Crippen molar-refractivity contribution in [2.24, 2.45) is 5.92 Å². The van der Waals surface area contributed by atoms with E-state index in [0.29, 0.717) is 28.5 Å². The molecule has 3 aromatic rings. The van der Waals surface area contributed by atoms with Crippen molar-refractivity contribution in [2.75, 3.05) is 12.3 Å². The third kappa shape index (κ3) is 4.81. The molecule has 3 rings (SSSR count). The zero-order chi connectivity index (χ0) is 20.1. The van der Waals surface area contributed by atoms with E-state index in [1.54, 1.807) is 10.6 Å². The molecule has 28 heavy (non-hydrogen) atoms. The van der Waals surface area contributed by atoms with Gasteiger partial charge in [0.15, 0.2) is 5.16 Å². The van der Waals surface area contributed by atoms with E-state index in [1.807, 2.05) is 49.4 Å². The molecule has 146 valence electrons. The fourth-order valence-electron chi connectivity index (χ4n) is 2.81. The molecule has 5 nitrogen and oxygen atoms in total. The van der Waals surface area contributed by atoms with Gasteiger partial charge in [-0.3, -0.25) is 14.2 Å². The Kier molecular flexibility index (Phi) is 6.52. The molecular weight excluding hydrogens is 370 g/mol. The fraction of sp³-hybridized carbons (Fsp3) is 0.318. The van der Waals surface area contributed by atoms with Gasteiger partial charge in [-0.2, -0.15) is 0 Å². The first-order valence-corrected chi connectivity index (χ1v) is 10.4. The lowest BCUT2D eigenvalue weighted by atomic mass is 10.1. The molecule has 1 N–H and O–H groups in total. The van der Waals surface area contributed by atoms with E-state index in [1.165, 1.54) is 11.8 Å². The number of nitrogens with one attached hydrogen (secondary N) is 1. The maximum atomic E-state index is 13.1. The van der Waals surface area contributed by atoms with Gasteiger partial charge in [-0.15, -0.1) is 0 Å². The topological polar surface area (TPSA) is 64.0 Å². The summed E-state index contributed by atoms with van der Waals surface area (Å²) in [5, 5.41) is 4.01. The molecule has 0 radical (unpaired) electrons. The van der Waals surface area contributed by atoms with Crippen molar-refractivity contribution in [3.63, 3.8) is 0 Å². The summed E-state index contributed by atoms with van der Waals surface area (Å²) in [6.07, 6.45) is 0.943. The van der Waals surface area contributed by atoms with Crippen molar-refractivity contribution < 1.29 is 4.79 Å². The molecule has 0 saturated heterocycles. The zero-order valence-corrected chi connectivity index (χ0v) is 17.3. The Morgan fingerprint density at radius 2 is 1.86 bits per heavy atom. The molecule has 0 spiro atoms. The molecule has 6 heteroatoms. The molecule has 1 amide bonds. The van der Waals surface area contributed by atoms with Crippen molar-refractivity contribution in [1.29, 1.82) is 0 Å². The van der Waals surface area contributed by atoms with E-state index in [0.717, 1.165) is 17.7 Å². The summed E-state index contributed by atoms with van der Waals surface area (Å²) in [7, 11) is 0. The van der Waals surface area contributed by atoms with E-state index < -0.39 is 0 Å². The Bertz CT molecular complexity index is 1030. The number of para-hydroxylation sites is 1. The number of carbonyl (C=O) groups is 1. The number of amides is 1. The van der Waals surface area contributed by atoms with Crippen LogP contribution in [0.4, 0.5) is 0 Å². The van der Waals surface area contributed by atoms with Crippen molar-refractivity contribution >= 4 is 28.6 Å². The first-order valence-electron chi connectivity index (χ1n) is 9.44. The summed E-state index contributed by atoms with van der Waals surface area (Å²) < 4.78 is 1.59. The highest BCUT2D eigenvalue weighted by Crippen LogP contribution is 2.21. The maximum absolute atomic E-state index is 13.1. The lowest BCUT2D eigenvalue weighted by molar-refractivity contribution is -0.118. The summed E-state index contributed by atoms with van der Waals surface area (Å²) in [5.41, 5.74) is 2.37. The van der Waals surface area contributed by atoms with Crippen LogP contribution in [-0.4, -0.2) is 27.8 Å². The minimum absolute atomic E-state index is 0.0523. The second kappa shape index (κ2) is 9.06. The van der Waals surface area contributed by atoms with Gasteiger partial charge >= 0.3 is 0 Å². The Morgan fingerprint density at radius 3 is 2.57 bits per heavy atom. The quantitative estimate of drug-likeness (QED) is 0.486. The highest BCUT2D eigenvalue weighted by atomic mass is 32.2. The van der Waals surface area contributed by atoms with Gasteiger partial charge in [0.05, 0.1) is 22.3 Å². The van der Waals surface area contributed by atoms with Crippen molar-refractivity contribution in [3.05, 3.63) is 64.4 Å². The van der Waals surface area contributed by atoms with E-state index in [-0.39, 0.29) is 17.2 Å². The minimum atomic E-state index is -0.128. The predicted octanol–water partition coefficient (Wildman–Crippen LogP) is 3.95. The highest BCUT2D eigenvalue weighted by molar-refractivity contribution is 7.99. The summed E-state index contributed by atoms with van der Waals surface area (Å²) >= 11 is 1.28. The average molecular weight is 396 g/mol. The van der Waals surface area contributed by atoms with Gasteiger partial charge in [-0.25, -0.2) is 4.98 Å². The second-order valence-corrected chi connectivity index (χ2v) is 8.15. The number of hydrogen-bond acceptors (Lipinski definition) is 4. The van der Waals surface area contributed by atoms with E-state index in [4.69, 9.17) is 0 Å². The van der Waals surface area contributed by atoms with Crippen molar-refractivity contribution in [2.45, 2.75) is 32.3 Å². The van der Waals surface area contributed by atoms with Crippen LogP contribution in [0.15, 0.2) is 58.5 Å². The zero-order valence-electron chi connectivity index (χ0n) is 16.4. The monoisotopic (exact) mass is 395 g/mol. The molecule has 1 heterocycles. The van der Waals surface area contributed by atoms with Gasteiger partial charge in [-0.1, -0.05) is 55.4 Å². The van der Waals surface area contributed by atoms with Gasteiger partial charge in [0.2, 0.25) is 5.91 Å². The Balaban J connectivity index is 1.91. The number of rotatable bonds is 7. The molecule has 0 aliphatic carbocycles. The first-order chi connectivity index (χ1) is 13.5. The number of thioether (sulfide) groups is 1. The van der Waals surface area contributed by atoms with Crippen LogP contribution >= 0.6 is 11.8 Å². The van der Waals surface area contributed by atoms with Gasteiger partial charge < -0.3 is 5.32 Å². The molecule has 1 aromatic heterocycles. The van der Waals surface area contributed by atoms with Gasteiger partial charge in [0.1, 0.15) is 0 Å². The Morgan fingerprint density at radius 1 is 1.14 bits per heavy atom. The number of hydrogen-bond donors (Lipinski definition) is 1. The minimum Gasteiger partial charge on any atom is -0.355 e. The third-order valence-corrected chi connectivity index (χ3v) is 5.35. The third-order valence-electron chi connectivity index (χ3n) is 4.41. The molecule has 0 fully saturated rings. The Labute approximate surface area is 169 Å². The van der Waals surface area contributed by atoms with Crippen LogP contribution in [0.25, 0.3) is 16.6 Å². The molecule has 0 unspecified atom stereocenters. The maximum Gasteiger partial charge on any atom is 0.266 e. The fourth-order valence-corrected chi connectivity index (χ4v) is 3.65. The average Bonchev–Trinajstić information content (AvgIpc) is 2.67. The highest BCUT2D eigenvalue weighted by Gasteiger charge is 2.14. The number of nitrogens with zero attached hydrogens (tertiary/aromatic N) is 2. The van der Waals surface area contributed by atoms with Gasteiger partial charge in [-0.05, 0) is 43.5 Å². The van der Waals surface area contributed by atoms with E-state index >= 15 is 0 Å². The molecule has 0 aliphatic rings. The van der Waals surface area contributed by atoms with Crippen LogP contribution in [0.3, 0.4) is 0 Å². The summed E-state index contributed by atoms with van der Waals surface area (Å²) in [6.45, 7) is 6.91. The number of aromatic nitrogens is 2. The molecular formula is C22H25N3O2S. The number of aryl methyl sites for hydroxylation is 1. The van der Waals surface area contributed by atoms with Gasteiger partial charge in [0, 0.05) is 6.54 Å². The molecule has 0 aliphatic heterocycles. The molecule has 0 atom stereocenters. The molecule has 0 saturated carbocycles.